The molecule has 4 nitrogen and oxygen atoms in total. The van der Waals surface area contributed by atoms with Gasteiger partial charge in [-0.2, -0.15) is 0 Å². The van der Waals surface area contributed by atoms with Crippen molar-refractivity contribution in [1.82, 2.24) is 4.90 Å². The summed E-state index contributed by atoms with van der Waals surface area (Å²) in [4.78, 5) is 13.1. The number of hydrogen-bond donors (Lipinski definition) is 2. The van der Waals surface area contributed by atoms with E-state index in [4.69, 9.17) is 5.73 Å². The monoisotopic (exact) mass is 322 g/mol. The van der Waals surface area contributed by atoms with E-state index in [-0.39, 0.29) is 30.7 Å². The fourth-order valence-corrected chi connectivity index (χ4v) is 2.11. The molecule has 0 bridgehead atoms. The molecule has 6 heteroatoms. The SMILES string of the molecule is CC(C)C(C(=O)O)N(C)CCc1ccc(N)cc1.Cl.Cl. The molecule has 20 heavy (non-hydrogen) atoms. The minimum atomic E-state index is -0.759. The zero-order valence-corrected chi connectivity index (χ0v) is 13.7. The Labute approximate surface area is 133 Å². The van der Waals surface area contributed by atoms with Gasteiger partial charge in [0.05, 0.1) is 0 Å². The predicted molar refractivity (Wildman–Crippen MR) is 87.9 cm³/mol. The molecule has 1 aromatic carbocycles. The molecule has 0 aromatic heterocycles. The van der Waals surface area contributed by atoms with E-state index in [2.05, 4.69) is 0 Å². The van der Waals surface area contributed by atoms with Crippen LogP contribution in [-0.2, 0) is 11.2 Å². The van der Waals surface area contributed by atoms with Crippen LogP contribution in [0, 0.1) is 5.92 Å². The highest BCUT2D eigenvalue weighted by Gasteiger charge is 2.25. The van der Waals surface area contributed by atoms with E-state index in [1.165, 1.54) is 5.56 Å². The van der Waals surface area contributed by atoms with Gasteiger partial charge in [-0.3, -0.25) is 9.69 Å². The van der Waals surface area contributed by atoms with Gasteiger partial charge in [0.2, 0.25) is 0 Å². The van der Waals surface area contributed by atoms with Crippen LogP contribution in [-0.4, -0.2) is 35.6 Å². The molecule has 0 aliphatic carbocycles. The van der Waals surface area contributed by atoms with Gasteiger partial charge in [0, 0.05) is 12.2 Å². The Morgan fingerprint density at radius 1 is 1.25 bits per heavy atom. The van der Waals surface area contributed by atoms with Gasteiger partial charge in [-0.15, -0.1) is 24.8 Å². The molecule has 0 saturated carbocycles. The lowest BCUT2D eigenvalue weighted by Crippen LogP contribution is -2.43. The highest BCUT2D eigenvalue weighted by Crippen LogP contribution is 2.11. The Morgan fingerprint density at radius 2 is 1.75 bits per heavy atom. The topological polar surface area (TPSA) is 66.6 Å². The Bertz CT molecular complexity index is 397. The third-order valence-corrected chi connectivity index (χ3v) is 3.09. The van der Waals surface area contributed by atoms with Crippen LogP contribution in [0.4, 0.5) is 5.69 Å². The number of carboxylic acids is 1. The van der Waals surface area contributed by atoms with E-state index in [9.17, 15) is 9.90 Å². The first-order chi connectivity index (χ1) is 8.41. The second kappa shape index (κ2) is 9.86. The zero-order valence-electron chi connectivity index (χ0n) is 12.1. The van der Waals surface area contributed by atoms with Gasteiger partial charge < -0.3 is 10.8 Å². The van der Waals surface area contributed by atoms with E-state index < -0.39 is 12.0 Å². The maximum absolute atomic E-state index is 11.2. The van der Waals surface area contributed by atoms with Crippen LogP contribution in [0.2, 0.25) is 0 Å². The van der Waals surface area contributed by atoms with E-state index in [0.29, 0.717) is 0 Å². The molecule has 0 radical (unpaired) electrons. The van der Waals surface area contributed by atoms with E-state index >= 15 is 0 Å². The van der Waals surface area contributed by atoms with Crippen LogP contribution in [0.5, 0.6) is 0 Å². The summed E-state index contributed by atoms with van der Waals surface area (Å²) in [5, 5.41) is 9.19. The smallest absolute Gasteiger partial charge is 0.321 e. The lowest BCUT2D eigenvalue weighted by atomic mass is 10.0. The van der Waals surface area contributed by atoms with Crippen molar-refractivity contribution in [1.29, 1.82) is 0 Å². The number of benzene rings is 1. The molecule has 1 unspecified atom stereocenters. The zero-order chi connectivity index (χ0) is 13.7. The summed E-state index contributed by atoms with van der Waals surface area (Å²) in [5.74, 6) is -0.663. The molecular formula is C14H24Cl2N2O2. The molecule has 1 rings (SSSR count). The lowest BCUT2D eigenvalue weighted by molar-refractivity contribution is -0.144. The number of halogens is 2. The average Bonchev–Trinajstić information content (AvgIpc) is 2.27. The van der Waals surface area contributed by atoms with Crippen molar-refractivity contribution >= 4 is 36.5 Å². The number of nitrogens with two attached hydrogens (primary N) is 1. The van der Waals surface area contributed by atoms with Crippen molar-refractivity contribution in [2.45, 2.75) is 26.3 Å². The summed E-state index contributed by atoms with van der Waals surface area (Å²) in [6, 6.07) is 7.26. The fourth-order valence-electron chi connectivity index (χ4n) is 2.11. The number of carbonyl (C=O) groups is 1. The Hall–Kier alpha value is -0.970. The minimum absolute atomic E-state index is 0. The second-order valence-electron chi connectivity index (χ2n) is 5.00. The third-order valence-electron chi connectivity index (χ3n) is 3.09. The van der Waals surface area contributed by atoms with Gasteiger partial charge in [-0.1, -0.05) is 26.0 Å². The van der Waals surface area contributed by atoms with Crippen LogP contribution in [0.3, 0.4) is 0 Å². The van der Waals surface area contributed by atoms with Crippen molar-refractivity contribution < 1.29 is 9.90 Å². The summed E-state index contributed by atoms with van der Waals surface area (Å²) >= 11 is 0. The summed E-state index contributed by atoms with van der Waals surface area (Å²) in [5.41, 5.74) is 7.54. The van der Waals surface area contributed by atoms with Crippen LogP contribution < -0.4 is 5.73 Å². The molecule has 0 amide bonds. The number of nitrogen functional groups attached to an aromatic ring is 1. The highest BCUT2D eigenvalue weighted by atomic mass is 35.5. The van der Waals surface area contributed by atoms with E-state index in [1.807, 2.05) is 50.1 Å². The van der Waals surface area contributed by atoms with Gasteiger partial charge in [0.1, 0.15) is 6.04 Å². The minimum Gasteiger partial charge on any atom is -0.480 e. The average molecular weight is 323 g/mol. The van der Waals surface area contributed by atoms with Gasteiger partial charge in [0.25, 0.3) is 0 Å². The van der Waals surface area contributed by atoms with Crippen molar-refractivity contribution in [3.63, 3.8) is 0 Å². The Balaban J connectivity index is 0. The summed E-state index contributed by atoms with van der Waals surface area (Å²) in [6.07, 6.45) is 0.827. The number of nitrogens with zero attached hydrogens (tertiary/aromatic N) is 1. The molecule has 0 heterocycles. The van der Waals surface area contributed by atoms with Crippen molar-refractivity contribution in [2.75, 3.05) is 19.3 Å². The van der Waals surface area contributed by atoms with Gasteiger partial charge >= 0.3 is 5.97 Å². The molecule has 0 aliphatic heterocycles. The van der Waals surface area contributed by atoms with Crippen LogP contribution >= 0.6 is 24.8 Å². The largest absolute Gasteiger partial charge is 0.480 e. The summed E-state index contributed by atoms with van der Waals surface area (Å²) in [7, 11) is 1.86. The van der Waals surface area contributed by atoms with Crippen LogP contribution in [0.25, 0.3) is 0 Å². The molecule has 0 aliphatic rings. The first-order valence-corrected chi connectivity index (χ1v) is 6.19. The number of aliphatic carboxylic acids is 1. The lowest BCUT2D eigenvalue weighted by Gasteiger charge is -2.27. The first kappa shape index (κ1) is 21.3. The van der Waals surface area contributed by atoms with Crippen LogP contribution in [0.1, 0.15) is 19.4 Å². The normalized spacial score (nSPS) is 11.7. The number of anilines is 1. The maximum Gasteiger partial charge on any atom is 0.321 e. The quantitative estimate of drug-likeness (QED) is 0.790. The first-order valence-electron chi connectivity index (χ1n) is 6.19. The van der Waals surface area contributed by atoms with Gasteiger partial charge in [-0.05, 0) is 37.1 Å². The predicted octanol–water partition coefficient (Wildman–Crippen LogP) is 2.70. The van der Waals surface area contributed by atoms with Crippen molar-refractivity contribution in [3.05, 3.63) is 29.8 Å². The van der Waals surface area contributed by atoms with E-state index in [1.54, 1.807) is 0 Å². The molecular weight excluding hydrogens is 299 g/mol. The number of carboxylic acid groups (broad SMARTS) is 1. The van der Waals surface area contributed by atoms with Gasteiger partial charge in [0.15, 0.2) is 0 Å². The van der Waals surface area contributed by atoms with Gasteiger partial charge in [-0.25, -0.2) is 0 Å². The molecule has 0 saturated heterocycles. The molecule has 1 aromatic rings. The molecule has 0 spiro atoms. The number of hydrogen-bond acceptors (Lipinski definition) is 3. The molecule has 116 valence electrons. The number of rotatable bonds is 6. The second-order valence-corrected chi connectivity index (χ2v) is 5.00. The maximum atomic E-state index is 11.2. The molecule has 1 atom stereocenters. The standard InChI is InChI=1S/C14H22N2O2.2ClH/c1-10(2)13(14(17)18)16(3)9-8-11-4-6-12(15)7-5-11;;/h4-7,10,13H,8-9,15H2,1-3H3,(H,17,18);2*1H. The van der Waals surface area contributed by atoms with Crippen molar-refractivity contribution in [2.24, 2.45) is 5.92 Å². The third kappa shape index (κ3) is 6.46. The fraction of sp³-hybridized carbons (Fsp3) is 0.500. The molecule has 3 N–H and O–H groups in total. The summed E-state index contributed by atoms with van der Waals surface area (Å²) < 4.78 is 0. The van der Waals surface area contributed by atoms with Crippen molar-refractivity contribution in [3.8, 4) is 0 Å². The van der Waals surface area contributed by atoms with Crippen LogP contribution in [0.15, 0.2) is 24.3 Å². The van der Waals surface area contributed by atoms with E-state index in [0.717, 1.165) is 18.7 Å². The number of likely N-dealkylation sites (N-methyl/N-ethyl adjacent to an activating group) is 1. The highest BCUT2D eigenvalue weighted by molar-refractivity contribution is 5.85. The Morgan fingerprint density at radius 3 is 2.15 bits per heavy atom. The molecule has 0 fully saturated rings. The Kier molecular flexibility index (Phi) is 10.5. The summed E-state index contributed by atoms with van der Waals surface area (Å²) in [6.45, 7) is 4.58.